The zero-order valence-electron chi connectivity index (χ0n) is 12.7. The van der Waals surface area contributed by atoms with Crippen LogP contribution in [0.3, 0.4) is 0 Å². The maximum atomic E-state index is 9.84. The summed E-state index contributed by atoms with van der Waals surface area (Å²) >= 11 is 0. The van der Waals surface area contributed by atoms with Crippen LogP contribution < -0.4 is 5.73 Å². The van der Waals surface area contributed by atoms with Crippen molar-refractivity contribution in [2.24, 2.45) is 11.7 Å². The third-order valence-electron chi connectivity index (χ3n) is 4.86. The Bertz CT molecular complexity index is 239. The summed E-state index contributed by atoms with van der Waals surface area (Å²) in [5.41, 5.74) is 5.66. The van der Waals surface area contributed by atoms with Gasteiger partial charge in [-0.25, -0.2) is 0 Å². The first-order valence-electron chi connectivity index (χ1n) is 7.46. The topological polar surface area (TPSA) is 49.5 Å². The maximum Gasteiger partial charge on any atom is 0.0603 e. The molecule has 0 amide bonds. The van der Waals surface area contributed by atoms with Gasteiger partial charge in [-0.1, -0.05) is 13.3 Å². The molecular formula is C15H32N2O. The summed E-state index contributed by atoms with van der Waals surface area (Å²) in [5.74, 6) is 0.896. The Hall–Kier alpha value is -0.120. The van der Waals surface area contributed by atoms with Gasteiger partial charge in [0.25, 0.3) is 0 Å². The fraction of sp³-hybridized carbons (Fsp3) is 1.00. The smallest absolute Gasteiger partial charge is 0.0603 e. The molecule has 0 atom stereocenters. The van der Waals surface area contributed by atoms with Crippen LogP contribution in [0.2, 0.25) is 0 Å². The molecular weight excluding hydrogens is 224 g/mol. The second-order valence-electron chi connectivity index (χ2n) is 6.76. The van der Waals surface area contributed by atoms with Crippen molar-refractivity contribution in [3.63, 3.8) is 0 Å². The first-order valence-corrected chi connectivity index (χ1v) is 7.46. The van der Waals surface area contributed by atoms with E-state index in [2.05, 4.69) is 18.9 Å². The van der Waals surface area contributed by atoms with Crippen molar-refractivity contribution in [2.45, 2.75) is 70.4 Å². The predicted molar refractivity (Wildman–Crippen MR) is 77.6 cm³/mol. The molecule has 1 rings (SSSR count). The highest BCUT2D eigenvalue weighted by molar-refractivity contribution is 4.95. The lowest BCUT2D eigenvalue weighted by atomic mass is 9.74. The molecule has 0 aromatic carbocycles. The lowest BCUT2D eigenvalue weighted by molar-refractivity contribution is 0.0219. The predicted octanol–water partition coefficient (Wildman–Crippen LogP) is 2.38. The Balaban J connectivity index is 2.54. The molecule has 0 radical (unpaired) electrons. The van der Waals surface area contributed by atoms with Crippen molar-refractivity contribution in [1.82, 2.24) is 4.90 Å². The summed E-state index contributed by atoms with van der Waals surface area (Å²) in [6.45, 7) is 7.72. The van der Waals surface area contributed by atoms with Crippen LogP contribution in [0.5, 0.6) is 0 Å². The largest absolute Gasteiger partial charge is 0.390 e. The number of nitrogens with two attached hydrogens (primary N) is 1. The van der Waals surface area contributed by atoms with Gasteiger partial charge in [0.05, 0.1) is 5.60 Å². The van der Waals surface area contributed by atoms with Crippen molar-refractivity contribution >= 4 is 0 Å². The Morgan fingerprint density at radius 3 is 2.28 bits per heavy atom. The van der Waals surface area contributed by atoms with E-state index in [4.69, 9.17) is 5.73 Å². The van der Waals surface area contributed by atoms with Gasteiger partial charge >= 0.3 is 0 Å². The molecule has 0 heterocycles. The van der Waals surface area contributed by atoms with Crippen LogP contribution in [0.1, 0.15) is 59.3 Å². The molecule has 0 saturated heterocycles. The van der Waals surface area contributed by atoms with Gasteiger partial charge < -0.3 is 10.8 Å². The van der Waals surface area contributed by atoms with E-state index in [1.807, 2.05) is 13.8 Å². The fourth-order valence-corrected chi connectivity index (χ4v) is 3.04. The second-order valence-corrected chi connectivity index (χ2v) is 6.76. The van der Waals surface area contributed by atoms with Gasteiger partial charge in [-0.3, -0.25) is 4.90 Å². The van der Waals surface area contributed by atoms with Gasteiger partial charge in [-0.15, -0.1) is 0 Å². The zero-order chi connectivity index (χ0) is 13.8. The molecule has 0 aliphatic heterocycles. The summed E-state index contributed by atoms with van der Waals surface area (Å²) in [6, 6.07) is 0. The Labute approximate surface area is 113 Å². The molecule has 1 aliphatic carbocycles. The summed E-state index contributed by atoms with van der Waals surface area (Å²) in [5, 5.41) is 9.84. The standard InChI is InChI=1S/C15H32N2O/c1-5-13-6-8-15(12-16,9-7-13)17(4)11-10-14(2,3)18/h13,18H,5-12,16H2,1-4H3. The van der Waals surface area contributed by atoms with E-state index in [0.717, 1.165) is 25.4 Å². The molecule has 3 nitrogen and oxygen atoms in total. The van der Waals surface area contributed by atoms with E-state index in [1.54, 1.807) is 0 Å². The highest BCUT2D eigenvalue weighted by atomic mass is 16.3. The minimum absolute atomic E-state index is 0.178. The van der Waals surface area contributed by atoms with Crippen LogP contribution in [0, 0.1) is 5.92 Å². The van der Waals surface area contributed by atoms with Gasteiger partial charge in [0.15, 0.2) is 0 Å². The lowest BCUT2D eigenvalue weighted by Crippen LogP contribution is -2.54. The third-order valence-corrected chi connectivity index (χ3v) is 4.86. The molecule has 0 bridgehead atoms. The Morgan fingerprint density at radius 1 is 1.33 bits per heavy atom. The number of hydrogen-bond donors (Lipinski definition) is 2. The van der Waals surface area contributed by atoms with Crippen LogP contribution in [0.25, 0.3) is 0 Å². The van der Waals surface area contributed by atoms with E-state index < -0.39 is 5.60 Å². The van der Waals surface area contributed by atoms with E-state index in [9.17, 15) is 5.11 Å². The van der Waals surface area contributed by atoms with E-state index in [0.29, 0.717) is 0 Å². The Morgan fingerprint density at radius 2 is 1.89 bits per heavy atom. The molecule has 18 heavy (non-hydrogen) atoms. The van der Waals surface area contributed by atoms with Crippen LogP contribution in [0.15, 0.2) is 0 Å². The maximum absolute atomic E-state index is 9.84. The van der Waals surface area contributed by atoms with Crippen LogP contribution in [-0.2, 0) is 0 Å². The minimum Gasteiger partial charge on any atom is -0.390 e. The van der Waals surface area contributed by atoms with Crippen molar-refractivity contribution in [1.29, 1.82) is 0 Å². The molecule has 1 saturated carbocycles. The van der Waals surface area contributed by atoms with Gasteiger partial charge in [0.2, 0.25) is 0 Å². The second kappa shape index (κ2) is 6.36. The molecule has 0 aromatic heterocycles. The first kappa shape index (κ1) is 15.9. The quantitative estimate of drug-likeness (QED) is 0.767. The van der Waals surface area contributed by atoms with E-state index >= 15 is 0 Å². The number of rotatable bonds is 6. The molecule has 3 heteroatoms. The summed E-state index contributed by atoms with van der Waals surface area (Å²) in [7, 11) is 2.17. The average molecular weight is 256 g/mol. The number of aliphatic hydroxyl groups is 1. The lowest BCUT2D eigenvalue weighted by Gasteiger charge is -2.46. The molecule has 0 aromatic rings. The number of hydrogen-bond acceptors (Lipinski definition) is 3. The molecule has 0 unspecified atom stereocenters. The normalized spacial score (nSPS) is 29.8. The van der Waals surface area contributed by atoms with Gasteiger partial charge in [0.1, 0.15) is 0 Å². The molecule has 1 aliphatic rings. The summed E-state index contributed by atoms with van der Waals surface area (Å²) in [4.78, 5) is 2.40. The van der Waals surface area contributed by atoms with Crippen LogP contribution in [-0.4, -0.2) is 41.3 Å². The Kier molecular flexibility index (Phi) is 5.63. The minimum atomic E-state index is -0.579. The third kappa shape index (κ3) is 4.22. The van der Waals surface area contributed by atoms with E-state index in [1.165, 1.54) is 32.1 Å². The van der Waals surface area contributed by atoms with Crippen molar-refractivity contribution in [2.75, 3.05) is 20.1 Å². The molecule has 0 spiro atoms. The van der Waals surface area contributed by atoms with Gasteiger partial charge in [-0.2, -0.15) is 0 Å². The number of nitrogens with zero attached hydrogens (tertiary/aromatic N) is 1. The van der Waals surface area contributed by atoms with Crippen molar-refractivity contribution < 1.29 is 5.11 Å². The van der Waals surface area contributed by atoms with Gasteiger partial charge in [-0.05, 0) is 58.9 Å². The van der Waals surface area contributed by atoms with Gasteiger partial charge in [0, 0.05) is 18.6 Å². The fourth-order valence-electron chi connectivity index (χ4n) is 3.04. The van der Waals surface area contributed by atoms with Crippen LogP contribution >= 0.6 is 0 Å². The highest BCUT2D eigenvalue weighted by Crippen LogP contribution is 2.36. The zero-order valence-corrected chi connectivity index (χ0v) is 12.7. The molecule has 3 N–H and O–H groups in total. The summed E-state index contributed by atoms with van der Waals surface area (Å²) in [6.07, 6.45) is 7.15. The first-order chi connectivity index (χ1) is 8.33. The SMILES string of the molecule is CCC1CCC(CN)(N(C)CCC(C)(C)O)CC1. The van der Waals surface area contributed by atoms with Crippen molar-refractivity contribution in [3.8, 4) is 0 Å². The molecule has 108 valence electrons. The highest BCUT2D eigenvalue weighted by Gasteiger charge is 2.37. The monoisotopic (exact) mass is 256 g/mol. The van der Waals surface area contributed by atoms with Crippen molar-refractivity contribution in [3.05, 3.63) is 0 Å². The average Bonchev–Trinajstić information content (AvgIpc) is 2.35. The van der Waals surface area contributed by atoms with E-state index in [-0.39, 0.29) is 5.54 Å². The van der Waals surface area contributed by atoms with Crippen LogP contribution in [0.4, 0.5) is 0 Å². The molecule has 1 fully saturated rings. The summed E-state index contributed by atoms with van der Waals surface area (Å²) < 4.78 is 0. The number of likely N-dealkylation sites (N-methyl/N-ethyl adjacent to an activating group) is 1.